The van der Waals surface area contributed by atoms with Gasteiger partial charge >= 0.3 is 0 Å². The van der Waals surface area contributed by atoms with E-state index < -0.39 is 0 Å². The van der Waals surface area contributed by atoms with E-state index >= 15 is 0 Å². The van der Waals surface area contributed by atoms with Crippen LogP contribution in [0.15, 0.2) is 40.8 Å². The molecule has 7 nitrogen and oxygen atoms in total. The number of hydrogen-bond donors (Lipinski definition) is 1. The highest BCUT2D eigenvalue weighted by atomic mass is 79.9. The first-order chi connectivity index (χ1) is 14.0. The second-order valence-corrected chi connectivity index (χ2v) is 8.27. The van der Waals surface area contributed by atoms with Gasteiger partial charge in [0.1, 0.15) is 11.4 Å². The number of ether oxygens (including phenoxy) is 2. The van der Waals surface area contributed by atoms with E-state index in [2.05, 4.69) is 26.3 Å². The van der Waals surface area contributed by atoms with Gasteiger partial charge in [-0.15, -0.1) is 0 Å². The molecule has 0 aliphatic carbocycles. The van der Waals surface area contributed by atoms with Crippen molar-refractivity contribution in [3.8, 4) is 5.75 Å². The molecule has 29 heavy (non-hydrogen) atoms. The number of benzene rings is 1. The molecule has 2 aliphatic rings. The summed E-state index contributed by atoms with van der Waals surface area (Å²) >= 11 is 8.77. The van der Waals surface area contributed by atoms with Gasteiger partial charge in [-0.3, -0.25) is 14.4 Å². The van der Waals surface area contributed by atoms with Crippen LogP contribution in [0.25, 0.3) is 6.08 Å². The highest BCUT2D eigenvalue weighted by Crippen LogP contribution is 2.24. The lowest BCUT2D eigenvalue weighted by Gasteiger charge is -2.18. The number of aromatic nitrogens is 2. The minimum Gasteiger partial charge on any atom is -0.496 e. The molecule has 2 saturated heterocycles. The number of halogens is 1. The number of methoxy groups -OCH3 is 1. The van der Waals surface area contributed by atoms with Crippen molar-refractivity contribution in [1.29, 1.82) is 0 Å². The van der Waals surface area contributed by atoms with Gasteiger partial charge in [-0.1, -0.05) is 6.07 Å². The van der Waals surface area contributed by atoms with E-state index in [-0.39, 0.29) is 12.0 Å². The van der Waals surface area contributed by atoms with Crippen LogP contribution in [0.1, 0.15) is 24.0 Å². The Balaban J connectivity index is 1.54. The van der Waals surface area contributed by atoms with Gasteiger partial charge in [0, 0.05) is 18.4 Å². The molecule has 152 valence electrons. The van der Waals surface area contributed by atoms with Gasteiger partial charge < -0.3 is 14.8 Å². The molecule has 2 aromatic rings. The SMILES string of the molecule is COc1ccc(/C=C2/NC(=S)N(CC3CCCO3)C2=O)cc1Cn1cc(Br)cn1. The number of carbonyl (C=O) groups is 1. The van der Waals surface area contributed by atoms with Crippen molar-refractivity contribution in [1.82, 2.24) is 20.0 Å². The van der Waals surface area contributed by atoms with Crippen molar-refractivity contribution >= 4 is 45.2 Å². The van der Waals surface area contributed by atoms with Gasteiger partial charge in [-0.05, 0) is 64.8 Å². The largest absolute Gasteiger partial charge is 0.496 e. The van der Waals surface area contributed by atoms with Crippen molar-refractivity contribution in [2.24, 2.45) is 0 Å². The third-order valence-corrected chi connectivity index (χ3v) is 5.65. The van der Waals surface area contributed by atoms with Crippen molar-refractivity contribution in [2.75, 3.05) is 20.3 Å². The second-order valence-electron chi connectivity index (χ2n) is 6.97. The van der Waals surface area contributed by atoms with Gasteiger partial charge in [0.2, 0.25) is 0 Å². The molecule has 0 radical (unpaired) electrons. The molecular weight excluding hydrogens is 456 g/mol. The summed E-state index contributed by atoms with van der Waals surface area (Å²) < 4.78 is 13.8. The first-order valence-electron chi connectivity index (χ1n) is 9.34. The minimum atomic E-state index is -0.126. The fourth-order valence-electron chi connectivity index (χ4n) is 3.51. The Bertz CT molecular complexity index is 968. The number of amides is 1. The number of nitrogens with one attached hydrogen (secondary N) is 1. The van der Waals surface area contributed by atoms with Gasteiger partial charge in [0.25, 0.3) is 5.91 Å². The lowest BCUT2D eigenvalue weighted by molar-refractivity contribution is -0.123. The molecule has 0 bridgehead atoms. The Morgan fingerprint density at radius 1 is 1.48 bits per heavy atom. The molecule has 9 heteroatoms. The molecule has 0 spiro atoms. The van der Waals surface area contributed by atoms with Crippen LogP contribution in [-0.4, -0.2) is 52.1 Å². The number of rotatable bonds is 6. The van der Waals surface area contributed by atoms with Crippen molar-refractivity contribution < 1.29 is 14.3 Å². The molecule has 0 saturated carbocycles. The number of hydrogen-bond acceptors (Lipinski definition) is 5. The molecule has 1 atom stereocenters. The lowest BCUT2D eigenvalue weighted by atomic mass is 10.1. The molecule has 2 aliphatic heterocycles. The molecule has 4 rings (SSSR count). The summed E-state index contributed by atoms with van der Waals surface area (Å²) in [6.45, 7) is 1.79. The average molecular weight is 477 g/mol. The summed E-state index contributed by atoms with van der Waals surface area (Å²) in [6.07, 6.45) is 7.48. The van der Waals surface area contributed by atoms with E-state index in [9.17, 15) is 4.79 Å². The quantitative estimate of drug-likeness (QED) is 0.510. The van der Waals surface area contributed by atoms with Crippen LogP contribution in [-0.2, 0) is 16.1 Å². The molecular formula is C20H21BrN4O3S. The molecule has 1 amide bonds. The lowest BCUT2D eigenvalue weighted by Crippen LogP contribution is -2.37. The molecule has 1 aromatic carbocycles. The molecule has 2 fully saturated rings. The van der Waals surface area contributed by atoms with Crippen LogP contribution >= 0.6 is 28.1 Å². The smallest absolute Gasteiger partial charge is 0.276 e. The van der Waals surface area contributed by atoms with Crippen LogP contribution in [0.3, 0.4) is 0 Å². The monoisotopic (exact) mass is 476 g/mol. The zero-order valence-corrected chi connectivity index (χ0v) is 18.3. The molecule has 1 N–H and O–H groups in total. The Hall–Kier alpha value is -2.23. The predicted octanol–water partition coefficient (Wildman–Crippen LogP) is 2.94. The molecule has 1 aromatic heterocycles. The minimum absolute atomic E-state index is 0.0547. The number of carbonyl (C=O) groups excluding carboxylic acids is 1. The first-order valence-corrected chi connectivity index (χ1v) is 10.5. The normalized spacial score (nSPS) is 20.6. The van der Waals surface area contributed by atoms with Crippen LogP contribution in [0.4, 0.5) is 0 Å². The van der Waals surface area contributed by atoms with Crippen LogP contribution in [0.2, 0.25) is 0 Å². The average Bonchev–Trinajstić information content (AvgIpc) is 3.41. The third kappa shape index (κ3) is 4.52. The molecule has 1 unspecified atom stereocenters. The summed E-state index contributed by atoms with van der Waals surface area (Å²) in [5, 5.41) is 7.76. The van der Waals surface area contributed by atoms with Gasteiger partial charge in [-0.2, -0.15) is 5.10 Å². The number of nitrogens with zero attached hydrogens (tertiary/aromatic N) is 3. The summed E-state index contributed by atoms with van der Waals surface area (Å²) in [5.41, 5.74) is 2.30. The topological polar surface area (TPSA) is 68.6 Å². The summed E-state index contributed by atoms with van der Waals surface area (Å²) in [6, 6.07) is 5.79. The fourth-order valence-corrected chi connectivity index (χ4v) is 4.10. The predicted molar refractivity (Wildman–Crippen MR) is 116 cm³/mol. The first kappa shape index (κ1) is 20.1. The van der Waals surface area contributed by atoms with E-state index in [0.29, 0.717) is 23.9 Å². The van der Waals surface area contributed by atoms with E-state index in [1.807, 2.05) is 35.2 Å². The Kier molecular flexibility index (Phi) is 5.98. The summed E-state index contributed by atoms with van der Waals surface area (Å²) in [4.78, 5) is 14.4. The van der Waals surface area contributed by atoms with Crippen LogP contribution < -0.4 is 10.1 Å². The summed E-state index contributed by atoms with van der Waals surface area (Å²) in [7, 11) is 1.64. The maximum absolute atomic E-state index is 12.8. The zero-order valence-electron chi connectivity index (χ0n) is 15.9. The van der Waals surface area contributed by atoms with Crippen LogP contribution in [0.5, 0.6) is 5.75 Å². The maximum Gasteiger partial charge on any atom is 0.276 e. The Morgan fingerprint density at radius 3 is 3.03 bits per heavy atom. The van der Waals surface area contributed by atoms with E-state index in [1.54, 1.807) is 18.2 Å². The third-order valence-electron chi connectivity index (χ3n) is 4.92. The number of thiocarbonyl (C=S) groups is 1. The Labute approximate surface area is 182 Å². The highest BCUT2D eigenvalue weighted by molar-refractivity contribution is 9.10. The van der Waals surface area contributed by atoms with E-state index in [4.69, 9.17) is 21.7 Å². The van der Waals surface area contributed by atoms with E-state index in [0.717, 1.165) is 40.8 Å². The van der Waals surface area contributed by atoms with Gasteiger partial charge in [0.15, 0.2) is 5.11 Å². The van der Waals surface area contributed by atoms with Crippen molar-refractivity contribution in [2.45, 2.75) is 25.5 Å². The van der Waals surface area contributed by atoms with Gasteiger partial charge in [-0.25, -0.2) is 0 Å². The fraction of sp³-hybridized carbons (Fsp3) is 0.350. The summed E-state index contributed by atoms with van der Waals surface area (Å²) in [5.74, 6) is 0.638. The van der Waals surface area contributed by atoms with Crippen molar-refractivity contribution in [3.63, 3.8) is 0 Å². The maximum atomic E-state index is 12.8. The van der Waals surface area contributed by atoms with Gasteiger partial charge in [0.05, 0.1) is 37.0 Å². The molecule has 3 heterocycles. The van der Waals surface area contributed by atoms with Crippen LogP contribution in [0, 0.1) is 0 Å². The van der Waals surface area contributed by atoms with E-state index in [1.165, 1.54) is 0 Å². The zero-order chi connectivity index (χ0) is 20.4. The van der Waals surface area contributed by atoms with Crippen molar-refractivity contribution in [3.05, 3.63) is 51.9 Å². The Morgan fingerprint density at radius 2 is 2.34 bits per heavy atom. The standard InChI is InChI=1S/C20H21BrN4O3S/c1-27-18-5-4-13(7-14(18)10-24-11-15(21)9-22-24)8-17-19(26)25(20(29)23-17)12-16-3-2-6-28-16/h4-5,7-9,11,16H,2-3,6,10,12H2,1H3,(H,23,29)/b17-8+. The highest BCUT2D eigenvalue weighted by Gasteiger charge is 2.33. The second kappa shape index (κ2) is 8.64.